The van der Waals surface area contributed by atoms with Crippen molar-refractivity contribution in [2.24, 2.45) is 17.3 Å². The van der Waals surface area contributed by atoms with Gasteiger partial charge in [-0.3, -0.25) is 9.59 Å². The van der Waals surface area contributed by atoms with Gasteiger partial charge in [0, 0.05) is 12.5 Å². The number of amides is 2. The number of carboxylic acid groups (broad SMARTS) is 1. The largest absolute Gasteiger partial charge is 0.481 e. The Labute approximate surface area is 268 Å². The van der Waals surface area contributed by atoms with Gasteiger partial charge in [0.1, 0.15) is 18.1 Å². The fraction of sp³-hybridized carbons (Fsp3) is 0.571. The highest BCUT2D eigenvalue weighted by molar-refractivity contribution is 6.19. The first kappa shape index (κ1) is 34.5. The lowest BCUT2D eigenvalue weighted by Gasteiger charge is -2.52. The van der Waals surface area contributed by atoms with Gasteiger partial charge >= 0.3 is 19.7 Å². The van der Waals surface area contributed by atoms with Crippen LogP contribution in [0, 0.1) is 17.3 Å². The van der Waals surface area contributed by atoms with Crippen molar-refractivity contribution in [2.75, 3.05) is 13.2 Å². The van der Waals surface area contributed by atoms with Crippen LogP contribution >= 0.6 is 0 Å². The number of hydrogen-bond donors (Lipinski definition) is 3. The minimum atomic E-state index is -1.23. The molecule has 2 aromatic rings. The zero-order valence-electron chi connectivity index (χ0n) is 27.8. The molecule has 0 bridgehead atoms. The van der Waals surface area contributed by atoms with Crippen LogP contribution in [0.2, 0.25) is 0 Å². The highest BCUT2D eigenvalue weighted by Crippen LogP contribution is 2.54. The predicted octanol–water partition coefficient (Wildman–Crippen LogP) is 5.80. The first-order chi connectivity index (χ1) is 21.3. The molecule has 2 amide bonds. The van der Waals surface area contributed by atoms with Gasteiger partial charge in [-0.15, -0.1) is 0 Å². The number of nitrogens with one attached hydrogen (secondary N) is 2. The van der Waals surface area contributed by atoms with Crippen molar-refractivity contribution >= 4 is 25.7 Å². The minimum Gasteiger partial charge on any atom is -0.481 e. The molecule has 1 fully saturated rings. The maximum Gasteiger partial charge on any atom is 0.439 e. The van der Waals surface area contributed by atoms with Gasteiger partial charge in [0.2, 0.25) is 5.91 Å². The Kier molecular flexibility index (Phi) is 10.7. The number of carbonyl (C=O) groups is 3. The molecule has 244 valence electrons. The van der Waals surface area contributed by atoms with Crippen LogP contribution in [0.15, 0.2) is 48.5 Å². The molecule has 3 N–H and O–H groups in total. The van der Waals surface area contributed by atoms with E-state index in [2.05, 4.69) is 34.9 Å². The molecule has 0 radical (unpaired) electrons. The van der Waals surface area contributed by atoms with E-state index < -0.39 is 34.7 Å². The van der Waals surface area contributed by atoms with E-state index in [1.807, 2.05) is 72.7 Å². The van der Waals surface area contributed by atoms with E-state index in [0.29, 0.717) is 19.3 Å². The molecule has 4 rings (SSSR count). The second-order valence-corrected chi connectivity index (χ2v) is 13.6. The average molecular weight is 621 g/mol. The summed E-state index contributed by atoms with van der Waals surface area (Å²) in [6.45, 7) is 13.9. The van der Waals surface area contributed by atoms with Crippen LogP contribution in [-0.4, -0.2) is 61.2 Å². The quantitative estimate of drug-likeness (QED) is 0.180. The number of fused-ring (bicyclic) bond motifs is 3. The molecule has 10 heteroatoms. The lowest BCUT2D eigenvalue weighted by molar-refractivity contribution is -0.186. The molecule has 1 aliphatic heterocycles. The van der Waals surface area contributed by atoms with Gasteiger partial charge in [-0.25, -0.2) is 4.79 Å². The molecule has 9 nitrogen and oxygen atoms in total. The lowest BCUT2D eigenvalue weighted by Crippen LogP contribution is -2.63. The summed E-state index contributed by atoms with van der Waals surface area (Å²) in [5, 5.41) is 16.3. The highest BCUT2D eigenvalue weighted by Gasteiger charge is 2.66. The second-order valence-electron chi connectivity index (χ2n) is 13.6. The van der Waals surface area contributed by atoms with E-state index in [1.165, 1.54) is 0 Å². The zero-order chi connectivity index (χ0) is 33.0. The lowest BCUT2D eigenvalue weighted by atomic mass is 9.57. The van der Waals surface area contributed by atoms with E-state index in [1.54, 1.807) is 0 Å². The summed E-state index contributed by atoms with van der Waals surface area (Å²) >= 11 is 0. The first-order valence-corrected chi connectivity index (χ1v) is 16.2. The highest BCUT2D eigenvalue weighted by atomic mass is 16.7. The summed E-state index contributed by atoms with van der Waals surface area (Å²) in [7, 11) is 0.0319. The van der Waals surface area contributed by atoms with Crippen LogP contribution in [-0.2, 0) is 23.6 Å². The van der Waals surface area contributed by atoms with Crippen molar-refractivity contribution in [3.63, 3.8) is 0 Å². The second kappa shape index (κ2) is 14.0. The van der Waals surface area contributed by atoms with E-state index in [0.717, 1.165) is 22.3 Å². The Hall–Kier alpha value is -3.37. The zero-order valence-corrected chi connectivity index (χ0v) is 27.8. The Morgan fingerprint density at radius 3 is 2.11 bits per heavy atom. The Morgan fingerprint density at radius 2 is 1.60 bits per heavy atom. The number of ether oxygens (including phenoxy) is 1. The maximum atomic E-state index is 13.3. The molecular weight excluding hydrogens is 571 g/mol. The van der Waals surface area contributed by atoms with Crippen LogP contribution in [0.3, 0.4) is 0 Å². The molecule has 3 unspecified atom stereocenters. The van der Waals surface area contributed by atoms with Crippen molar-refractivity contribution in [2.45, 2.75) is 97.3 Å². The molecule has 1 saturated heterocycles. The summed E-state index contributed by atoms with van der Waals surface area (Å²) in [6, 6.07) is 15.5. The summed E-state index contributed by atoms with van der Waals surface area (Å²) in [6.07, 6.45) is 1.13. The smallest absolute Gasteiger partial charge is 0.439 e. The van der Waals surface area contributed by atoms with Crippen molar-refractivity contribution in [3.8, 4) is 11.1 Å². The average Bonchev–Trinajstić information content (AvgIpc) is 3.47. The van der Waals surface area contributed by atoms with Crippen LogP contribution in [0.4, 0.5) is 4.79 Å². The number of alkyl carbamates (subject to hydrolysis) is 1. The van der Waals surface area contributed by atoms with E-state index >= 15 is 0 Å². The van der Waals surface area contributed by atoms with Crippen molar-refractivity contribution in [3.05, 3.63) is 59.7 Å². The Morgan fingerprint density at radius 1 is 1.00 bits per heavy atom. The van der Waals surface area contributed by atoms with E-state index in [9.17, 15) is 19.5 Å². The van der Waals surface area contributed by atoms with Gasteiger partial charge in [-0.05, 0) is 74.1 Å². The SMILES string of the molecule is CCC(C)C(CCCNC(=O)[C@H](CC(C)C)NC(=O)OCC1c2ccccc2-c2ccccc21)(C(=O)O)C1(C)OBOC1(C)C. The Balaban J connectivity index is 1.38. The number of aliphatic carboxylic acids is 1. The van der Waals surface area contributed by atoms with Crippen molar-refractivity contribution in [1.29, 1.82) is 0 Å². The Bertz CT molecular complexity index is 1340. The summed E-state index contributed by atoms with van der Waals surface area (Å²) in [5.74, 6) is -1.41. The third-order valence-corrected chi connectivity index (χ3v) is 10.3. The molecule has 0 saturated carbocycles. The van der Waals surface area contributed by atoms with Crippen LogP contribution in [0.5, 0.6) is 0 Å². The molecule has 0 aromatic heterocycles. The normalized spacial score (nSPS) is 21.2. The van der Waals surface area contributed by atoms with Crippen molar-refractivity contribution < 1.29 is 33.5 Å². The number of benzene rings is 2. The fourth-order valence-corrected chi connectivity index (χ4v) is 7.28. The van der Waals surface area contributed by atoms with Crippen molar-refractivity contribution in [1.82, 2.24) is 10.6 Å². The monoisotopic (exact) mass is 620 g/mol. The number of rotatable bonds is 14. The molecule has 4 atom stereocenters. The summed E-state index contributed by atoms with van der Waals surface area (Å²) in [4.78, 5) is 39.3. The standard InChI is InChI=1S/C35H49BN2O7/c1-8-23(4)35(31(40)41,34(7)33(5,6)44-36-45-34)18-13-19-37-30(39)29(20-22(2)3)38-32(42)43-21-28-26-16-11-9-14-24(26)25-15-10-12-17-27(25)28/h9-12,14-17,22-23,28-29,36H,8,13,18-21H2,1-7H3,(H,37,39)(H,38,42)(H,40,41)/t23?,29-,34?,35?/m0/s1. The first-order valence-electron chi connectivity index (χ1n) is 16.2. The van der Waals surface area contributed by atoms with Crippen LogP contribution in [0.25, 0.3) is 11.1 Å². The maximum absolute atomic E-state index is 13.3. The third kappa shape index (κ3) is 6.63. The molecular formula is C35H49BN2O7. The predicted molar refractivity (Wildman–Crippen MR) is 175 cm³/mol. The number of carboxylic acids is 1. The van der Waals surface area contributed by atoms with E-state index in [4.69, 9.17) is 14.0 Å². The topological polar surface area (TPSA) is 123 Å². The minimum absolute atomic E-state index is 0.0319. The van der Waals surface area contributed by atoms with Gasteiger partial charge in [-0.1, -0.05) is 82.6 Å². The third-order valence-electron chi connectivity index (χ3n) is 10.3. The van der Waals surface area contributed by atoms with Crippen LogP contribution < -0.4 is 10.6 Å². The molecule has 1 aliphatic carbocycles. The van der Waals surface area contributed by atoms with Gasteiger partial charge in [-0.2, -0.15) is 0 Å². The van der Waals surface area contributed by atoms with Crippen LogP contribution in [0.1, 0.15) is 91.2 Å². The fourth-order valence-electron chi connectivity index (χ4n) is 7.28. The summed E-state index contributed by atoms with van der Waals surface area (Å²) in [5.41, 5.74) is 1.40. The molecule has 0 spiro atoms. The van der Waals surface area contributed by atoms with Gasteiger partial charge in [0.25, 0.3) is 0 Å². The number of hydrogen-bond acceptors (Lipinski definition) is 6. The molecule has 45 heavy (non-hydrogen) atoms. The molecule has 2 aromatic carbocycles. The van der Waals surface area contributed by atoms with E-state index in [-0.39, 0.29) is 50.9 Å². The molecule has 1 heterocycles. The number of carbonyl (C=O) groups excluding carboxylic acids is 2. The van der Waals surface area contributed by atoms with Gasteiger partial charge in [0.15, 0.2) is 0 Å². The summed E-state index contributed by atoms with van der Waals surface area (Å²) < 4.78 is 17.6. The van der Waals surface area contributed by atoms with Gasteiger partial charge in [0.05, 0.1) is 11.2 Å². The van der Waals surface area contributed by atoms with Gasteiger partial charge < -0.3 is 29.8 Å². The molecule has 2 aliphatic rings.